The Morgan fingerprint density at radius 2 is 2.00 bits per heavy atom. The quantitative estimate of drug-likeness (QED) is 0.867. The largest absolute Gasteiger partial charge is 0.316 e. The Morgan fingerprint density at radius 1 is 1.20 bits per heavy atom. The summed E-state index contributed by atoms with van der Waals surface area (Å²) in [6.45, 7) is 2.40. The molecule has 1 saturated heterocycles. The van der Waals surface area contributed by atoms with E-state index in [0.717, 1.165) is 5.92 Å². The number of nitrogens with one attached hydrogen (secondary N) is 1. The first-order valence-electron chi connectivity index (χ1n) is 5.80. The van der Waals surface area contributed by atoms with E-state index >= 15 is 0 Å². The van der Waals surface area contributed by atoms with E-state index in [1.165, 1.54) is 48.8 Å². The molecule has 1 aromatic carbocycles. The maximum absolute atomic E-state index is 3.52. The van der Waals surface area contributed by atoms with Gasteiger partial charge in [-0.25, -0.2) is 0 Å². The molecule has 2 heteroatoms. The Labute approximate surface area is 100 Å². The molecule has 0 spiro atoms. The summed E-state index contributed by atoms with van der Waals surface area (Å²) >= 11 is 3.47. The molecule has 0 aliphatic carbocycles. The lowest BCUT2D eigenvalue weighted by molar-refractivity contribution is 0.477. The smallest absolute Gasteiger partial charge is 0.0175 e. The molecule has 1 atom stereocenters. The predicted octanol–water partition coefficient (Wildman–Crippen LogP) is 3.38. The van der Waals surface area contributed by atoms with E-state index in [-0.39, 0.29) is 0 Å². The van der Waals surface area contributed by atoms with Gasteiger partial charge < -0.3 is 5.32 Å². The molecule has 1 nitrogen and oxygen atoms in total. The van der Waals surface area contributed by atoms with Crippen molar-refractivity contribution in [2.45, 2.75) is 25.7 Å². The first kappa shape index (κ1) is 11.2. The summed E-state index contributed by atoms with van der Waals surface area (Å²) in [6.07, 6.45) is 5.33. The molecule has 1 N–H and O–H groups in total. The normalized spacial score (nSPS) is 22.3. The van der Waals surface area contributed by atoms with Crippen LogP contribution in [0.3, 0.4) is 0 Å². The van der Waals surface area contributed by atoms with Crippen LogP contribution in [0.4, 0.5) is 0 Å². The van der Waals surface area contributed by atoms with Gasteiger partial charge in [-0.2, -0.15) is 0 Å². The van der Waals surface area contributed by atoms with Gasteiger partial charge in [-0.1, -0.05) is 34.5 Å². The van der Waals surface area contributed by atoms with Crippen molar-refractivity contribution in [3.63, 3.8) is 0 Å². The molecule has 1 heterocycles. The van der Waals surface area contributed by atoms with E-state index in [9.17, 15) is 0 Å². The average molecular weight is 268 g/mol. The van der Waals surface area contributed by atoms with Crippen molar-refractivity contribution in [1.82, 2.24) is 5.32 Å². The van der Waals surface area contributed by atoms with Crippen molar-refractivity contribution in [3.8, 4) is 0 Å². The minimum atomic E-state index is 0.827. The second-order valence-electron chi connectivity index (χ2n) is 4.40. The number of rotatable bonds is 2. The van der Waals surface area contributed by atoms with Crippen LogP contribution in [0.15, 0.2) is 28.7 Å². The van der Waals surface area contributed by atoms with Gasteiger partial charge >= 0.3 is 0 Å². The summed E-state index contributed by atoms with van der Waals surface area (Å²) in [5.74, 6) is 0.827. The van der Waals surface area contributed by atoms with Crippen molar-refractivity contribution in [1.29, 1.82) is 0 Å². The molecule has 1 fully saturated rings. The van der Waals surface area contributed by atoms with Crippen molar-refractivity contribution in [3.05, 3.63) is 34.3 Å². The average Bonchev–Trinajstić information content (AvgIpc) is 2.50. The Hall–Kier alpha value is -0.340. The molecule has 15 heavy (non-hydrogen) atoms. The van der Waals surface area contributed by atoms with Crippen LogP contribution in [0.25, 0.3) is 0 Å². The molecule has 0 amide bonds. The van der Waals surface area contributed by atoms with E-state index in [2.05, 4.69) is 45.5 Å². The van der Waals surface area contributed by atoms with Crippen molar-refractivity contribution in [2.24, 2.45) is 5.92 Å². The third-order valence-corrected chi connectivity index (χ3v) is 3.62. The molecule has 0 radical (unpaired) electrons. The van der Waals surface area contributed by atoms with Crippen LogP contribution in [0.1, 0.15) is 24.8 Å². The highest BCUT2D eigenvalue weighted by molar-refractivity contribution is 9.10. The second kappa shape index (κ2) is 5.66. The van der Waals surface area contributed by atoms with Crippen molar-refractivity contribution < 1.29 is 0 Å². The maximum atomic E-state index is 3.52. The molecule has 0 saturated carbocycles. The van der Waals surface area contributed by atoms with Crippen molar-refractivity contribution in [2.75, 3.05) is 13.1 Å². The standard InChI is InChI=1S/C13H18BrN/c14-13-6-4-11(5-7-13)9-12-3-1-2-8-15-10-12/h4-7,12,15H,1-3,8-10H2. The summed E-state index contributed by atoms with van der Waals surface area (Å²) < 4.78 is 1.17. The molecule has 82 valence electrons. The van der Waals surface area contributed by atoms with Crippen LogP contribution in [0.5, 0.6) is 0 Å². The van der Waals surface area contributed by atoms with E-state index < -0.39 is 0 Å². The van der Waals surface area contributed by atoms with Gasteiger partial charge in [0.05, 0.1) is 0 Å². The summed E-state index contributed by atoms with van der Waals surface area (Å²) in [5.41, 5.74) is 1.46. The van der Waals surface area contributed by atoms with Gasteiger partial charge in [0.15, 0.2) is 0 Å². The Balaban J connectivity index is 1.92. The van der Waals surface area contributed by atoms with Crippen LogP contribution >= 0.6 is 15.9 Å². The Bertz CT molecular complexity index is 286. The number of hydrogen-bond acceptors (Lipinski definition) is 1. The van der Waals surface area contributed by atoms with Gasteiger partial charge in [0.25, 0.3) is 0 Å². The summed E-state index contributed by atoms with van der Waals surface area (Å²) in [7, 11) is 0. The molecule has 1 unspecified atom stereocenters. The molecular weight excluding hydrogens is 250 g/mol. The minimum Gasteiger partial charge on any atom is -0.316 e. The van der Waals surface area contributed by atoms with Crippen LogP contribution < -0.4 is 5.32 Å². The van der Waals surface area contributed by atoms with Crippen LogP contribution in [0.2, 0.25) is 0 Å². The fraction of sp³-hybridized carbons (Fsp3) is 0.538. The Kier molecular flexibility index (Phi) is 4.21. The highest BCUT2D eigenvalue weighted by Gasteiger charge is 2.11. The van der Waals surface area contributed by atoms with E-state index in [0.29, 0.717) is 0 Å². The molecule has 1 aliphatic rings. The molecule has 0 bridgehead atoms. The Morgan fingerprint density at radius 3 is 2.80 bits per heavy atom. The first-order chi connectivity index (χ1) is 7.34. The van der Waals surface area contributed by atoms with Crippen LogP contribution in [-0.2, 0) is 6.42 Å². The topological polar surface area (TPSA) is 12.0 Å². The minimum absolute atomic E-state index is 0.827. The van der Waals surface area contributed by atoms with E-state index in [1.807, 2.05) is 0 Å². The van der Waals surface area contributed by atoms with Gasteiger partial charge in [-0.05, 0) is 56.0 Å². The molecule has 2 rings (SSSR count). The lowest BCUT2D eigenvalue weighted by atomic mass is 9.95. The predicted molar refractivity (Wildman–Crippen MR) is 68.1 cm³/mol. The monoisotopic (exact) mass is 267 g/mol. The molecule has 1 aromatic rings. The van der Waals surface area contributed by atoms with E-state index in [4.69, 9.17) is 0 Å². The number of halogens is 1. The number of benzene rings is 1. The third kappa shape index (κ3) is 3.62. The highest BCUT2D eigenvalue weighted by Crippen LogP contribution is 2.18. The molecular formula is C13H18BrN. The molecule has 0 aromatic heterocycles. The highest BCUT2D eigenvalue weighted by atomic mass is 79.9. The zero-order chi connectivity index (χ0) is 10.5. The fourth-order valence-electron chi connectivity index (χ4n) is 2.22. The second-order valence-corrected chi connectivity index (χ2v) is 5.31. The third-order valence-electron chi connectivity index (χ3n) is 3.09. The zero-order valence-corrected chi connectivity index (χ0v) is 10.6. The van der Waals surface area contributed by atoms with Gasteiger partial charge in [0, 0.05) is 4.47 Å². The zero-order valence-electron chi connectivity index (χ0n) is 9.01. The lowest BCUT2D eigenvalue weighted by Crippen LogP contribution is -2.21. The fourth-order valence-corrected chi connectivity index (χ4v) is 2.48. The lowest BCUT2D eigenvalue weighted by Gasteiger charge is -2.13. The van der Waals surface area contributed by atoms with Gasteiger partial charge in [-0.15, -0.1) is 0 Å². The maximum Gasteiger partial charge on any atom is 0.0175 e. The molecule has 1 aliphatic heterocycles. The summed E-state index contributed by atoms with van der Waals surface area (Å²) in [4.78, 5) is 0. The SMILES string of the molecule is Brc1ccc(CC2CCCCNC2)cc1. The summed E-state index contributed by atoms with van der Waals surface area (Å²) in [6, 6.07) is 8.74. The summed E-state index contributed by atoms with van der Waals surface area (Å²) in [5, 5.41) is 3.52. The van der Waals surface area contributed by atoms with Gasteiger partial charge in [-0.3, -0.25) is 0 Å². The van der Waals surface area contributed by atoms with Gasteiger partial charge in [0.2, 0.25) is 0 Å². The van der Waals surface area contributed by atoms with Crippen LogP contribution in [0, 0.1) is 5.92 Å². The van der Waals surface area contributed by atoms with Crippen molar-refractivity contribution >= 4 is 15.9 Å². The van der Waals surface area contributed by atoms with Crippen LogP contribution in [-0.4, -0.2) is 13.1 Å². The van der Waals surface area contributed by atoms with E-state index in [1.54, 1.807) is 0 Å². The van der Waals surface area contributed by atoms with Gasteiger partial charge in [0.1, 0.15) is 0 Å². The number of hydrogen-bond donors (Lipinski definition) is 1. The first-order valence-corrected chi connectivity index (χ1v) is 6.59.